The standard InChI is InChI=1S/C7H11NO/c8-3-7-2-4-1-5(7)6(7)9-4/h4-6H,1-3,8H2/t4-,5?,6+,7-/m1/s1. The average Bonchev–Trinajstić information content (AvgIpc) is 2.44. The number of hydrogen-bond donors (Lipinski definition) is 1. The van der Waals surface area contributed by atoms with Crippen molar-refractivity contribution in [2.24, 2.45) is 17.1 Å². The maximum Gasteiger partial charge on any atom is 0.0687 e. The molecule has 2 heteroatoms. The van der Waals surface area contributed by atoms with Crippen molar-refractivity contribution in [1.82, 2.24) is 0 Å². The van der Waals surface area contributed by atoms with Crippen LogP contribution in [0.1, 0.15) is 12.8 Å². The molecule has 4 fully saturated rings. The van der Waals surface area contributed by atoms with Crippen molar-refractivity contribution in [3.63, 3.8) is 0 Å². The van der Waals surface area contributed by atoms with Gasteiger partial charge in [0.15, 0.2) is 0 Å². The molecule has 4 aliphatic rings. The summed E-state index contributed by atoms with van der Waals surface area (Å²) < 4.78 is 5.62. The molecule has 2 saturated carbocycles. The fourth-order valence-corrected chi connectivity index (χ4v) is 2.84. The van der Waals surface area contributed by atoms with Gasteiger partial charge in [0.25, 0.3) is 0 Å². The molecular formula is C7H11NO. The van der Waals surface area contributed by atoms with E-state index in [1.165, 1.54) is 12.8 Å². The summed E-state index contributed by atoms with van der Waals surface area (Å²) in [7, 11) is 0. The van der Waals surface area contributed by atoms with E-state index in [0.717, 1.165) is 12.5 Å². The van der Waals surface area contributed by atoms with Gasteiger partial charge in [0.2, 0.25) is 0 Å². The lowest BCUT2D eigenvalue weighted by Gasteiger charge is -2.01. The summed E-state index contributed by atoms with van der Waals surface area (Å²) in [5, 5.41) is 0. The summed E-state index contributed by atoms with van der Waals surface area (Å²) in [6.45, 7) is 0.860. The van der Waals surface area contributed by atoms with Gasteiger partial charge < -0.3 is 10.5 Å². The highest BCUT2D eigenvalue weighted by Crippen LogP contribution is 2.71. The molecule has 2 aliphatic heterocycles. The third-order valence-electron chi connectivity index (χ3n) is 3.41. The molecular weight excluding hydrogens is 114 g/mol. The molecule has 0 aromatic rings. The lowest BCUT2D eigenvalue weighted by molar-refractivity contribution is 0.115. The first-order chi connectivity index (χ1) is 4.37. The minimum atomic E-state index is 0.491. The van der Waals surface area contributed by atoms with Gasteiger partial charge >= 0.3 is 0 Å². The third kappa shape index (κ3) is 0.310. The zero-order valence-corrected chi connectivity index (χ0v) is 5.34. The zero-order chi connectivity index (χ0) is 6.06. The first-order valence-electron chi connectivity index (χ1n) is 3.72. The Morgan fingerprint density at radius 2 is 2.56 bits per heavy atom. The quantitative estimate of drug-likeness (QED) is 0.540. The van der Waals surface area contributed by atoms with E-state index in [0.29, 0.717) is 17.6 Å². The monoisotopic (exact) mass is 125 g/mol. The number of hydrogen-bond acceptors (Lipinski definition) is 2. The van der Waals surface area contributed by atoms with Gasteiger partial charge in [-0.2, -0.15) is 0 Å². The Bertz CT molecular complexity index is 156. The molecule has 2 aliphatic carbocycles. The molecule has 0 aromatic carbocycles. The molecule has 50 valence electrons. The molecule has 4 bridgehead atoms. The van der Waals surface area contributed by atoms with Crippen molar-refractivity contribution in [1.29, 1.82) is 0 Å². The van der Waals surface area contributed by atoms with Gasteiger partial charge in [0.05, 0.1) is 12.2 Å². The van der Waals surface area contributed by atoms with E-state index in [-0.39, 0.29) is 0 Å². The van der Waals surface area contributed by atoms with Crippen molar-refractivity contribution < 1.29 is 4.74 Å². The summed E-state index contributed by atoms with van der Waals surface area (Å²) >= 11 is 0. The van der Waals surface area contributed by atoms with Gasteiger partial charge in [-0.3, -0.25) is 0 Å². The molecule has 0 spiro atoms. The Balaban J connectivity index is 2.02. The SMILES string of the molecule is NC[C@]12C[C@H]3CC1[C@@H]2O3. The summed E-state index contributed by atoms with van der Waals surface area (Å²) in [5.74, 6) is 0.868. The van der Waals surface area contributed by atoms with E-state index in [1.807, 2.05) is 0 Å². The lowest BCUT2D eigenvalue weighted by Crippen LogP contribution is -2.16. The second-order valence-corrected chi connectivity index (χ2v) is 3.66. The van der Waals surface area contributed by atoms with E-state index in [9.17, 15) is 0 Å². The summed E-state index contributed by atoms with van der Waals surface area (Å²) in [6, 6.07) is 0. The van der Waals surface area contributed by atoms with Crippen LogP contribution < -0.4 is 5.73 Å². The van der Waals surface area contributed by atoms with Crippen LogP contribution in [0.3, 0.4) is 0 Å². The molecule has 4 atom stereocenters. The van der Waals surface area contributed by atoms with Gasteiger partial charge in [0.1, 0.15) is 0 Å². The molecule has 0 aromatic heterocycles. The molecule has 1 unspecified atom stereocenters. The molecule has 2 heterocycles. The smallest absolute Gasteiger partial charge is 0.0687 e. The van der Waals surface area contributed by atoms with Crippen LogP contribution in [0.5, 0.6) is 0 Å². The Morgan fingerprint density at radius 1 is 1.67 bits per heavy atom. The Kier molecular flexibility index (Phi) is 0.552. The minimum absolute atomic E-state index is 0.491. The summed E-state index contributed by atoms with van der Waals surface area (Å²) in [5.41, 5.74) is 6.14. The Labute approximate surface area is 54.4 Å². The molecule has 0 amide bonds. The molecule has 2 nitrogen and oxygen atoms in total. The highest BCUT2D eigenvalue weighted by atomic mass is 16.5. The van der Waals surface area contributed by atoms with Crippen LogP contribution in [0.4, 0.5) is 0 Å². The van der Waals surface area contributed by atoms with Gasteiger partial charge in [-0.05, 0) is 18.8 Å². The maximum atomic E-state index is 5.65. The Hall–Kier alpha value is -0.0800. The highest BCUT2D eigenvalue weighted by Gasteiger charge is 2.75. The van der Waals surface area contributed by atoms with Crippen LogP contribution in [0.25, 0.3) is 0 Å². The van der Waals surface area contributed by atoms with Crippen molar-refractivity contribution in [2.45, 2.75) is 25.0 Å². The molecule has 0 radical (unpaired) electrons. The van der Waals surface area contributed by atoms with Crippen LogP contribution in [-0.4, -0.2) is 18.8 Å². The molecule has 2 saturated heterocycles. The van der Waals surface area contributed by atoms with Gasteiger partial charge in [-0.15, -0.1) is 0 Å². The average molecular weight is 125 g/mol. The van der Waals surface area contributed by atoms with Crippen molar-refractivity contribution in [3.8, 4) is 0 Å². The van der Waals surface area contributed by atoms with E-state index in [1.54, 1.807) is 0 Å². The van der Waals surface area contributed by atoms with E-state index in [2.05, 4.69) is 0 Å². The lowest BCUT2D eigenvalue weighted by atomic mass is 10.1. The topological polar surface area (TPSA) is 35.2 Å². The predicted molar refractivity (Wildman–Crippen MR) is 32.9 cm³/mol. The predicted octanol–water partition coefficient (Wildman–Crippen LogP) is 0.123. The fourth-order valence-electron chi connectivity index (χ4n) is 2.84. The van der Waals surface area contributed by atoms with Crippen LogP contribution in [0.15, 0.2) is 0 Å². The second-order valence-electron chi connectivity index (χ2n) is 3.66. The van der Waals surface area contributed by atoms with Crippen molar-refractivity contribution >= 4 is 0 Å². The first kappa shape index (κ1) is 4.69. The van der Waals surface area contributed by atoms with Gasteiger partial charge in [0, 0.05) is 12.0 Å². The van der Waals surface area contributed by atoms with Crippen molar-refractivity contribution in [2.75, 3.05) is 6.54 Å². The van der Waals surface area contributed by atoms with Crippen molar-refractivity contribution in [3.05, 3.63) is 0 Å². The number of ether oxygens (including phenoxy) is 1. The minimum Gasteiger partial charge on any atom is -0.374 e. The molecule has 4 rings (SSSR count). The largest absolute Gasteiger partial charge is 0.374 e. The second kappa shape index (κ2) is 1.06. The normalized spacial score (nSPS) is 67.0. The first-order valence-corrected chi connectivity index (χ1v) is 3.72. The number of rotatable bonds is 1. The Morgan fingerprint density at radius 3 is 2.78 bits per heavy atom. The molecule has 9 heavy (non-hydrogen) atoms. The van der Waals surface area contributed by atoms with Crippen LogP contribution in [0, 0.1) is 11.3 Å². The van der Waals surface area contributed by atoms with Crippen LogP contribution in [-0.2, 0) is 4.74 Å². The highest BCUT2D eigenvalue weighted by molar-refractivity contribution is 5.24. The number of nitrogens with two attached hydrogens (primary N) is 1. The van der Waals surface area contributed by atoms with E-state index < -0.39 is 0 Å². The fraction of sp³-hybridized carbons (Fsp3) is 1.00. The summed E-state index contributed by atoms with van der Waals surface area (Å²) in [6.07, 6.45) is 3.76. The summed E-state index contributed by atoms with van der Waals surface area (Å²) in [4.78, 5) is 0. The maximum absolute atomic E-state index is 5.65. The third-order valence-corrected chi connectivity index (χ3v) is 3.41. The van der Waals surface area contributed by atoms with Crippen LogP contribution in [0.2, 0.25) is 0 Å². The van der Waals surface area contributed by atoms with E-state index in [4.69, 9.17) is 10.5 Å². The van der Waals surface area contributed by atoms with Crippen LogP contribution >= 0.6 is 0 Å². The van der Waals surface area contributed by atoms with Gasteiger partial charge in [-0.1, -0.05) is 0 Å². The van der Waals surface area contributed by atoms with E-state index >= 15 is 0 Å². The van der Waals surface area contributed by atoms with Gasteiger partial charge in [-0.25, -0.2) is 0 Å². The molecule has 2 N–H and O–H groups in total. The zero-order valence-electron chi connectivity index (χ0n) is 5.34.